The third kappa shape index (κ3) is 20.2. The lowest BCUT2D eigenvalue weighted by atomic mass is 10.3. The average Bonchev–Trinajstić information content (AvgIpc) is 2.60. The fourth-order valence-electron chi connectivity index (χ4n) is 1.10. The van der Waals surface area contributed by atoms with Crippen LogP contribution in [-0.2, 0) is 0 Å². The molecule has 2 nitrogen and oxygen atoms in total. The van der Waals surface area contributed by atoms with Crippen molar-refractivity contribution in [1.82, 2.24) is 9.80 Å². The summed E-state index contributed by atoms with van der Waals surface area (Å²) in [4.78, 5) is 4.53. The summed E-state index contributed by atoms with van der Waals surface area (Å²) in [6.45, 7) is 7.20. The molecule has 0 atom stereocenters. The quantitative estimate of drug-likeness (QED) is 0.569. The summed E-state index contributed by atoms with van der Waals surface area (Å²) in [5, 5.41) is 0. The molecule has 0 aromatic rings. The van der Waals surface area contributed by atoms with Gasteiger partial charge in [-0.3, -0.25) is 0 Å². The SMILES string of the molecule is C=CF.CCCCN1C=CN(C)C1.F[B-](F)(F)F. The Morgan fingerprint density at radius 3 is 2.00 bits per heavy atom. The Kier molecular flexibility index (Phi) is 11.6. The van der Waals surface area contributed by atoms with Crippen LogP contribution in [0.3, 0.4) is 0 Å². The molecule has 18 heavy (non-hydrogen) atoms. The minimum atomic E-state index is -6.00. The van der Waals surface area contributed by atoms with Crippen LogP contribution in [0, 0.1) is 0 Å². The molecule has 0 saturated carbocycles. The maximum atomic E-state index is 10.1. The van der Waals surface area contributed by atoms with Gasteiger partial charge in [-0.05, 0) is 6.42 Å². The smallest absolute Gasteiger partial charge is 0.418 e. The minimum Gasteiger partial charge on any atom is -0.418 e. The molecule has 0 aliphatic carbocycles. The third-order valence-electron chi connectivity index (χ3n) is 1.74. The molecule has 1 aliphatic heterocycles. The van der Waals surface area contributed by atoms with E-state index in [0.717, 1.165) is 6.67 Å². The molecule has 0 aromatic carbocycles. The Bertz CT molecular complexity index is 227. The van der Waals surface area contributed by atoms with Crippen LogP contribution in [0.25, 0.3) is 0 Å². The number of rotatable bonds is 3. The third-order valence-corrected chi connectivity index (χ3v) is 1.74. The summed E-state index contributed by atoms with van der Waals surface area (Å²) < 4.78 is 49.1. The van der Waals surface area contributed by atoms with Gasteiger partial charge in [0, 0.05) is 26.0 Å². The highest BCUT2D eigenvalue weighted by Crippen LogP contribution is 2.06. The molecule has 1 heterocycles. The van der Waals surface area contributed by atoms with Crippen molar-refractivity contribution in [1.29, 1.82) is 0 Å². The number of nitrogens with zero attached hydrogens (tertiary/aromatic N) is 2. The summed E-state index contributed by atoms with van der Waals surface area (Å²) in [5.41, 5.74) is 0. The van der Waals surface area contributed by atoms with Gasteiger partial charge in [0.05, 0.1) is 13.0 Å². The normalized spacial score (nSPS) is 13.5. The highest BCUT2D eigenvalue weighted by Gasteiger charge is 2.20. The zero-order chi connectivity index (χ0) is 14.6. The first-order valence-corrected chi connectivity index (χ1v) is 5.45. The number of halogens is 5. The summed E-state index contributed by atoms with van der Waals surface area (Å²) in [6, 6.07) is 0. The molecule has 0 spiro atoms. The first-order valence-electron chi connectivity index (χ1n) is 5.45. The Labute approximate surface area is 105 Å². The zero-order valence-corrected chi connectivity index (χ0v) is 10.6. The topological polar surface area (TPSA) is 6.48 Å². The van der Waals surface area contributed by atoms with Crippen LogP contribution in [0.15, 0.2) is 25.3 Å². The van der Waals surface area contributed by atoms with E-state index < -0.39 is 7.25 Å². The van der Waals surface area contributed by atoms with Crippen molar-refractivity contribution in [3.05, 3.63) is 25.3 Å². The molecular weight excluding hydrogens is 254 g/mol. The maximum Gasteiger partial charge on any atom is 0.673 e. The van der Waals surface area contributed by atoms with Gasteiger partial charge in [0.15, 0.2) is 0 Å². The summed E-state index contributed by atoms with van der Waals surface area (Å²) >= 11 is 0. The number of hydrogen-bond acceptors (Lipinski definition) is 2. The van der Waals surface area contributed by atoms with Gasteiger partial charge in [-0.15, -0.1) is 0 Å². The van der Waals surface area contributed by atoms with E-state index in [9.17, 15) is 21.7 Å². The van der Waals surface area contributed by atoms with Gasteiger partial charge in [0.1, 0.15) is 0 Å². The fourth-order valence-corrected chi connectivity index (χ4v) is 1.10. The molecule has 1 rings (SSSR count). The van der Waals surface area contributed by atoms with Crippen molar-refractivity contribution in [3.63, 3.8) is 0 Å². The lowest BCUT2D eigenvalue weighted by molar-refractivity contribution is 0.293. The standard InChI is InChI=1S/C8H16N2.C2H3F.BF4/c1-3-4-5-10-7-6-9(2)8-10;1-2-3;2-1(3,4)5/h6-7H,3-5,8H2,1-2H3;2H,1H2;/q;;-1. The first kappa shape index (κ1) is 19.1. The molecule has 0 unspecified atom stereocenters. The van der Waals surface area contributed by atoms with Gasteiger partial charge in [0.2, 0.25) is 0 Å². The predicted molar refractivity (Wildman–Crippen MR) is 64.9 cm³/mol. The second-order valence-electron chi connectivity index (χ2n) is 3.51. The summed E-state index contributed by atoms with van der Waals surface area (Å²) in [5.74, 6) is 0. The van der Waals surface area contributed by atoms with Gasteiger partial charge in [-0.1, -0.05) is 19.9 Å². The van der Waals surface area contributed by atoms with Crippen molar-refractivity contribution in [3.8, 4) is 0 Å². The van der Waals surface area contributed by atoms with E-state index in [4.69, 9.17) is 0 Å². The maximum absolute atomic E-state index is 10.1. The van der Waals surface area contributed by atoms with Crippen LogP contribution >= 0.6 is 0 Å². The second-order valence-corrected chi connectivity index (χ2v) is 3.51. The van der Waals surface area contributed by atoms with E-state index in [-0.39, 0.29) is 6.33 Å². The van der Waals surface area contributed by atoms with Crippen molar-refractivity contribution < 1.29 is 21.7 Å². The van der Waals surface area contributed by atoms with Crippen LogP contribution in [0.5, 0.6) is 0 Å². The molecule has 1 aliphatic rings. The molecule has 0 fully saturated rings. The summed E-state index contributed by atoms with van der Waals surface area (Å²) in [7, 11) is -3.90. The molecule has 0 aromatic heterocycles. The number of hydrogen-bond donors (Lipinski definition) is 0. The van der Waals surface area contributed by atoms with Gasteiger partial charge < -0.3 is 27.1 Å². The van der Waals surface area contributed by atoms with Crippen LogP contribution < -0.4 is 0 Å². The van der Waals surface area contributed by atoms with E-state index in [0.29, 0.717) is 0 Å². The lowest BCUT2D eigenvalue weighted by Gasteiger charge is -2.17. The first-order chi connectivity index (χ1) is 8.24. The van der Waals surface area contributed by atoms with Gasteiger partial charge in [-0.25, -0.2) is 4.39 Å². The fraction of sp³-hybridized carbons (Fsp3) is 0.600. The second kappa shape index (κ2) is 10.9. The molecule has 0 bridgehead atoms. The molecule has 108 valence electrons. The van der Waals surface area contributed by atoms with E-state index in [1.165, 1.54) is 19.4 Å². The monoisotopic (exact) mass is 273 g/mol. The lowest BCUT2D eigenvalue weighted by Crippen LogP contribution is -2.23. The van der Waals surface area contributed by atoms with Crippen molar-refractivity contribution in [2.45, 2.75) is 19.8 Å². The van der Waals surface area contributed by atoms with Gasteiger partial charge in [-0.2, -0.15) is 0 Å². The van der Waals surface area contributed by atoms with Crippen LogP contribution in [-0.4, -0.2) is 37.3 Å². The van der Waals surface area contributed by atoms with E-state index in [1.807, 2.05) is 0 Å². The van der Waals surface area contributed by atoms with Gasteiger partial charge >= 0.3 is 7.25 Å². The largest absolute Gasteiger partial charge is 0.673 e. The van der Waals surface area contributed by atoms with Gasteiger partial charge in [0.25, 0.3) is 0 Å². The highest BCUT2D eigenvalue weighted by atomic mass is 19.5. The van der Waals surface area contributed by atoms with Crippen LogP contribution in [0.4, 0.5) is 21.7 Å². The summed E-state index contributed by atoms with van der Waals surface area (Å²) in [6.07, 6.45) is 7.12. The Balaban J connectivity index is 0. The van der Waals surface area contributed by atoms with Crippen molar-refractivity contribution in [2.24, 2.45) is 0 Å². The van der Waals surface area contributed by atoms with Crippen molar-refractivity contribution >= 4 is 7.25 Å². The molecule has 8 heteroatoms. The van der Waals surface area contributed by atoms with Crippen molar-refractivity contribution in [2.75, 3.05) is 20.3 Å². The Hall–Kier alpha value is -1.21. The molecule has 0 saturated heterocycles. The zero-order valence-electron chi connectivity index (χ0n) is 10.6. The Morgan fingerprint density at radius 1 is 1.28 bits per heavy atom. The average molecular weight is 273 g/mol. The molecule has 0 amide bonds. The highest BCUT2D eigenvalue weighted by molar-refractivity contribution is 6.50. The van der Waals surface area contributed by atoms with Crippen LogP contribution in [0.2, 0.25) is 0 Å². The predicted octanol–water partition coefficient (Wildman–Crippen LogP) is 3.86. The molecular formula is C10H19BF5N2-. The Morgan fingerprint density at radius 2 is 1.72 bits per heavy atom. The van der Waals surface area contributed by atoms with Crippen LogP contribution in [0.1, 0.15) is 19.8 Å². The molecule has 0 N–H and O–H groups in total. The minimum absolute atomic E-state index is 0.250. The van der Waals surface area contributed by atoms with E-state index >= 15 is 0 Å². The van der Waals surface area contributed by atoms with E-state index in [2.05, 4.69) is 42.8 Å². The molecule has 0 radical (unpaired) electrons. The number of unbranched alkanes of at least 4 members (excludes halogenated alkanes) is 1. The van der Waals surface area contributed by atoms with E-state index in [1.54, 1.807) is 0 Å².